The van der Waals surface area contributed by atoms with Crippen molar-refractivity contribution in [1.29, 1.82) is 0 Å². The van der Waals surface area contributed by atoms with Crippen LogP contribution in [0.1, 0.15) is 0 Å². The number of halogens is 3. The number of amides is 1. The highest BCUT2D eigenvalue weighted by atomic mass is 35.5. The largest absolute Gasteiger partial charge is 0.482 e. The van der Waals surface area contributed by atoms with Crippen LogP contribution in [0, 0.1) is 0 Å². The fraction of sp³-hybridized carbons (Fsp3) is 0.500. The molecule has 1 aromatic rings. The average Bonchev–Trinajstić information content (AvgIpc) is 2.54. The van der Waals surface area contributed by atoms with Crippen LogP contribution < -0.4 is 20.5 Å². The second-order valence-corrected chi connectivity index (χ2v) is 7.51. The number of hydrogen-bond acceptors (Lipinski definition) is 6. The van der Waals surface area contributed by atoms with E-state index < -0.39 is 22.5 Å². The second kappa shape index (κ2) is 11.8. The van der Waals surface area contributed by atoms with Crippen LogP contribution in [0.2, 0.25) is 5.02 Å². The van der Waals surface area contributed by atoms with Crippen LogP contribution >= 0.6 is 36.4 Å². The minimum atomic E-state index is -3.82. The summed E-state index contributed by atoms with van der Waals surface area (Å²) in [7, 11) is -3.82. The number of carbonyl (C=O) groups excluding carboxylic acids is 1. The molecule has 0 unspecified atom stereocenters. The molecule has 8 nitrogen and oxygen atoms in total. The van der Waals surface area contributed by atoms with Crippen molar-refractivity contribution < 1.29 is 17.9 Å². The summed E-state index contributed by atoms with van der Waals surface area (Å²) in [4.78, 5) is 12.9. The van der Waals surface area contributed by atoms with E-state index in [0.29, 0.717) is 6.54 Å². The minimum Gasteiger partial charge on any atom is -0.482 e. The van der Waals surface area contributed by atoms with Gasteiger partial charge in [-0.1, -0.05) is 11.6 Å². The molecule has 1 aliphatic heterocycles. The van der Waals surface area contributed by atoms with Crippen LogP contribution in [-0.2, 0) is 14.8 Å². The number of rotatable bonds is 8. The van der Waals surface area contributed by atoms with Crippen molar-refractivity contribution >= 4 is 52.3 Å². The molecule has 0 bridgehead atoms. The minimum absolute atomic E-state index is 0. The van der Waals surface area contributed by atoms with Crippen molar-refractivity contribution in [3.63, 3.8) is 0 Å². The number of nitrogens with zero attached hydrogens (tertiary/aromatic N) is 1. The zero-order valence-corrected chi connectivity index (χ0v) is 17.1. The lowest BCUT2D eigenvalue weighted by Gasteiger charge is -2.27. The Balaban J connectivity index is 0.00000312. The molecule has 1 heterocycles. The third-order valence-electron chi connectivity index (χ3n) is 3.49. The summed E-state index contributed by atoms with van der Waals surface area (Å²) in [6.07, 6.45) is 0. The molecule has 0 atom stereocenters. The van der Waals surface area contributed by atoms with Gasteiger partial charge in [-0.15, -0.1) is 24.8 Å². The Morgan fingerprint density at radius 3 is 2.58 bits per heavy atom. The Bertz CT molecular complexity index is 685. The SMILES string of the molecule is Cl.Cl.NC(=O)COc1ccc(Cl)cc1S(=O)(=O)NCCN1CCNCC1. The fourth-order valence-corrected chi connectivity index (χ4v) is 3.74. The van der Waals surface area contributed by atoms with Gasteiger partial charge in [-0.05, 0) is 18.2 Å². The first kappa shape index (κ1) is 25.2. The Hall–Kier alpha value is -0.810. The molecule has 1 fully saturated rings. The van der Waals surface area contributed by atoms with E-state index in [1.807, 2.05) is 0 Å². The topological polar surface area (TPSA) is 114 Å². The first-order chi connectivity index (χ1) is 11.4. The molecule has 1 aliphatic rings. The maximum atomic E-state index is 12.5. The van der Waals surface area contributed by atoms with Crippen LogP contribution in [0.15, 0.2) is 23.1 Å². The van der Waals surface area contributed by atoms with Gasteiger partial charge in [-0.25, -0.2) is 13.1 Å². The van der Waals surface area contributed by atoms with E-state index in [4.69, 9.17) is 22.1 Å². The fourth-order valence-electron chi connectivity index (χ4n) is 2.31. The predicted molar refractivity (Wildman–Crippen MR) is 105 cm³/mol. The zero-order chi connectivity index (χ0) is 17.6. The molecule has 0 radical (unpaired) electrons. The van der Waals surface area contributed by atoms with Gasteiger partial charge in [0.25, 0.3) is 5.91 Å². The van der Waals surface area contributed by atoms with Crippen LogP contribution in [-0.4, -0.2) is 65.1 Å². The molecular weight excluding hydrogens is 427 g/mol. The van der Waals surface area contributed by atoms with E-state index >= 15 is 0 Å². The molecule has 26 heavy (non-hydrogen) atoms. The average molecular weight is 450 g/mol. The Labute approximate surface area is 170 Å². The second-order valence-electron chi connectivity index (χ2n) is 5.34. The standard InChI is InChI=1S/C14H21ClN4O4S.2ClH/c15-11-1-2-12(23-10-14(16)20)13(9-11)24(21,22)18-5-8-19-6-3-17-4-7-19;;/h1-2,9,17-18H,3-8,10H2,(H2,16,20);2*1H. The number of hydrogen-bond donors (Lipinski definition) is 3. The highest BCUT2D eigenvalue weighted by Crippen LogP contribution is 2.27. The molecule has 4 N–H and O–H groups in total. The van der Waals surface area contributed by atoms with E-state index in [2.05, 4.69) is 14.9 Å². The smallest absolute Gasteiger partial charge is 0.255 e. The summed E-state index contributed by atoms with van der Waals surface area (Å²) in [5, 5.41) is 3.49. The summed E-state index contributed by atoms with van der Waals surface area (Å²) in [6.45, 7) is 4.02. The van der Waals surface area contributed by atoms with Crippen molar-refractivity contribution in [3.05, 3.63) is 23.2 Å². The predicted octanol–water partition coefficient (Wildman–Crippen LogP) is 0.231. The lowest BCUT2D eigenvalue weighted by molar-refractivity contribution is -0.120. The number of primary amides is 1. The summed E-state index contributed by atoms with van der Waals surface area (Å²) < 4.78 is 32.7. The first-order valence-electron chi connectivity index (χ1n) is 7.52. The molecule has 0 saturated carbocycles. The van der Waals surface area contributed by atoms with E-state index in [1.54, 1.807) is 0 Å². The molecule has 2 rings (SSSR count). The van der Waals surface area contributed by atoms with Crippen LogP contribution in [0.3, 0.4) is 0 Å². The van der Waals surface area contributed by atoms with Crippen LogP contribution in [0.25, 0.3) is 0 Å². The maximum absolute atomic E-state index is 12.5. The van der Waals surface area contributed by atoms with Gasteiger partial charge in [-0.2, -0.15) is 0 Å². The Morgan fingerprint density at radius 2 is 1.96 bits per heavy atom. The van der Waals surface area contributed by atoms with E-state index in [9.17, 15) is 13.2 Å². The maximum Gasteiger partial charge on any atom is 0.255 e. The van der Waals surface area contributed by atoms with Gasteiger partial charge in [0.1, 0.15) is 10.6 Å². The van der Waals surface area contributed by atoms with Crippen molar-refractivity contribution in [1.82, 2.24) is 14.9 Å². The molecular formula is C14H23Cl3N4O4S. The van der Waals surface area contributed by atoms with Gasteiger partial charge in [-0.3, -0.25) is 9.69 Å². The lowest BCUT2D eigenvalue weighted by atomic mass is 10.3. The van der Waals surface area contributed by atoms with Gasteiger partial charge >= 0.3 is 0 Å². The number of carbonyl (C=O) groups is 1. The molecule has 0 aliphatic carbocycles. The normalized spacial score (nSPS) is 14.8. The van der Waals surface area contributed by atoms with Crippen molar-refractivity contribution in [3.8, 4) is 5.75 Å². The molecule has 1 amide bonds. The third-order valence-corrected chi connectivity index (χ3v) is 5.21. The molecule has 150 valence electrons. The summed E-state index contributed by atoms with van der Waals surface area (Å²) >= 11 is 5.89. The number of ether oxygens (including phenoxy) is 1. The van der Waals surface area contributed by atoms with Crippen molar-refractivity contribution in [2.24, 2.45) is 5.73 Å². The van der Waals surface area contributed by atoms with Gasteiger partial charge in [0.05, 0.1) is 0 Å². The van der Waals surface area contributed by atoms with Crippen LogP contribution in [0.5, 0.6) is 5.75 Å². The van der Waals surface area contributed by atoms with E-state index in [0.717, 1.165) is 26.2 Å². The number of benzene rings is 1. The van der Waals surface area contributed by atoms with Crippen molar-refractivity contribution in [2.75, 3.05) is 45.9 Å². The van der Waals surface area contributed by atoms with Crippen LogP contribution in [0.4, 0.5) is 0 Å². The van der Waals surface area contributed by atoms with Gasteiger partial charge in [0.15, 0.2) is 6.61 Å². The van der Waals surface area contributed by atoms with E-state index in [-0.39, 0.29) is 47.0 Å². The number of nitrogens with one attached hydrogen (secondary N) is 2. The molecule has 0 spiro atoms. The molecule has 1 aromatic carbocycles. The van der Waals surface area contributed by atoms with E-state index in [1.165, 1.54) is 18.2 Å². The Kier molecular flexibility index (Phi) is 11.4. The summed E-state index contributed by atoms with van der Waals surface area (Å²) in [5.41, 5.74) is 5.03. The molecule has 1 saturated heterocycles. The zero-order valence-electron chi connectivity index (χ0n) is 13.9. The van der Waals surface area contributed by atoms with Gasteiger partial charge < -0.3 is 15.8 Å². The monoisotopic (exact) mass is 448 g/mol. The first-order valence-corrected chi connectivity index (χ1v) is 9.38. The van der Waals surface area contributed by atoms with Gasteiger partial charge in [0, 0.05) is 44.3 Å². The quantitative estimate of drug-likeness (QED) is 0.523. The highest BCUT2D eigenvalue weighted by Gasteiger charge is 2.21. The molecule has 0 aromatic heterocycles. The van der Waals surface area contributed by atoms with Gasteiger partial charge in [0.2, 0.25) is 10.0 Å². The molecule has 12 heteroatoms. The highest BCUT2D eigenvalue weighted by molar-refractivity contribution is 7.89. The lowest BCUT2D eigenvalue weighted by Crippen LogP contribution is -2.46. The number of sulfonamides is 1. The third kappa shape index (κ3) is 7.83. The number of piperazine rings is 1. The summed E-state index contributed by atoms with van der Waals surface area (Å²) in [5.74, 6) is -0.659. The Morgan fingerprint density at radius 1 is 1.31 bits per heavy atom. The number of nitrogens with two attached hydrogens (primary N) is 1. The van der Waals surface area contributed by atoms with Crippen molar-refractivity contribution in [2.45, 2.75) is 4.90 Å². The summed E-state index contributed by atoms with van der Waals surface area (Å²) in [6, 6.07) is 4.17.